The molecule has 2 fully saturated rings. The largest absolute Gasteiger partial charge is 0.363 e. The monoisotopic (exact) mass is 847 g/mol. The fourth-order valence-electron chi connectivity index (χ4n) is 8.37. The molecule has 2 heterocycles. The molecule has 0 aliphatic carbocycles. The normalized spacial score (nSPS) is 16.7. The van der Waals surface area contributed by atoms with Crippen molar-refractivity contribution < 1.29 is 28.8 Å². The van der Waals surface area contributed by atoms with Crippen LogP contribution < -0.4 is 26.2 Å². The molecule has 324 valence electrons. The maximum Gasteiger partial charge on any atom is 0.250 e. The first-order chi connectivity index (χ1) is 30.5. The molecule has 5 aromatic carbocycles. The molecule has 13 nitrogen and oxygen atoms in total. The first-order valence-electron chi connectivity index (χ1n) is 21.4. The molecule has 4 N–H and O–H groups in total. The van der Waals surface area contributed by atoms with Crippen molar-refractivity contribution in [2.45, 2.75) is 76.8 Å². The third kappa shape index (κ3) is 11.2. The van der Waals surface area contributed by atoms with Gasteiger partial charge in [0, 0.05) is 57.1 Å². The van der Waals surface area contributed by atoms with Crippen molar-refractivity contribution in [3.63, 3.8) is 0 Å². The Morgan fingerprint density at radius 2 is 0.889 bits per heavy atom. The number of amides is 6. The molecule has 1 unspecified atom stereocenters. The Morgan fingerprint density at radius 1 is 0.524 bits per heavy atom. The number of rotatable bonds is 15. The van der Waals surface area contributed by atoms with Crippen LogP contribution in [0.1, 0.15) is 73.9 Å². The van der Waals surface area contributed by atoms with E-state index in [0.717, 1.165) is 16.8 Å². The van der Waals surface area contributed by atoms with Gasteiger partial charge < -0.3 is 36.0 Å². The highest BCUT2D eigenvalue weighted by atomic mass is 16.2. The summed E-state index contributed by atoms with van der Waals surface area (Å²) in [5.74, 6) is -1.84. The molecule has 0 spiro atoms. The Hall–Kier alpha value is -7.28. The fraction of sp³-hybridized carbons (Fsp3) is 0.280. The van der Waals surface area contributed by atoms with E-state index in [1.165, 1.54) is 13.8 Å². The van der Waals surface area contributed by atoms with Crippen LogP contribution in [0.2, 0.25) is 0 Å². The maximum atomic E-state index is 13.8. The number of hydrogen-bond donors (Lipinski definition) is 4. The quantitative estimate of drug-likeness (QED) is 0.0936. The predicted molar refractivity (Wildman–Crippen MR) is 242 cm³/mol. The molecular weight excluding hydrogens is 795 g/mol. The van der Waals surface area contributed by atoms with Crippen LogP contribution >= 0.6 is 0 Å². The number of hydrogen-bond acceptors (Lipinski definition) is 7. The van der Waals surface area contributed by atoms with E-state index in [9.17, 15) is 28.8 Å². The first kappa shape index (κ1) is 43.8. The molecule has 0 bridgehead atoms. The number of benzene rings is 5. The van der Waals surface area contributed by atoms with Crippen LogP contribution in [0.3, 0.4) is 0 Å². The van der Waals surface area contributed by atoms with E-state index in [4.69, 9.17) is 0 Å². The Balaban J connectivity index is 0.971. The SMILES string of the molecule is CC(=O)N[C@@H](C(=O)N1CCCC1C(=O)Nc1ccc(CN(Cc2ccc(NC(=O)[C@@H]3CCCN3C(=O)[C@H](NC(C)=O)c3ccccc3)cc2)c2ccccc2)cc1)c1ccccc1. The topological polar surface area (TPSA) is 160 Å². The van der Waals surface area contributed by atoms with Gasteiger partial charge in [0.2, 0.25) is 35.4 Å². The minimum absolute atomic E-state index is 0.276. The van der Waals surface area contributed by atoms with Crippen molar-refractivity contribution in [1.29, 1.82) is 0 Å². The van der Waals surface area contributed by atoms with E-state index in [2.05, 4.69) is 38.3 Å². The number of nitrogens with zero attached hydrogens (tertiary/aromatic N) is 3. The lowest BCUT2D eigenvalue weighted by molar-refractivity contribution is -0.140. The second kappa shape index (κ2) is 20.5. The summed E-state index contributed by atoms with van der Waals surface area (Å²) in [7, 11) is 0. The smallest absolute Gasteiger partial charge is 0.250 e. The highest BCUT2D eigenvalue weighted by Crippen LogP contribution is 2.28. The summed E-state index contributed by atoms with van der Waals surface area (Å²) < 4.78 is 0. The van der Waals surface area contributed by atoms with Gasteiger partial charge in [-0.1, -0.05) is 103 Å². The highest BCUT2D eigenvalue weighted by Gasteiger charge is 2.39. The molecular formula is C50H53N7O6. The molecule has 0 aromatic heterocycles. The summed E-state index contributed by atoms with van der Waals surface area (Å²) in [6.07, 6.45) is 2.40. The molecule has 2 aliphatic heterocycles. The number of likely N-dealkylation sites (tertiary alicyclic amines) is 2. The Kier molecular flexibility index (Phi) is 14.3. The first-order valence-corrected chi connectivity index (χ1v) is 21.4. The average molecular weight is 848 g/mol. The molecule has 63 heavy (non-hydrogen) atoms. The zero-order chi connectivity index (χ0) is 44.3. The summed E-state index contributed by atoms with van der Waals surface area (Å²) in [4.78, 5) is 84.2. The van der Waals surface area contributed by atoms with Crippen molar-refractivity contribution in [1.82, 2.24) is 20.4 Å². The van der Waals surface area contributed by atoms with E-state index in [-0.39, 0.29) is 35.4 Å². The molecule has 5 aromatic rings. The molecule has 4 atom stereocenters. The van der Waals surface area contributed by atoms with Crippen molar-refractivity contribution in [2.24, 2.45) is 0 Å². The molecule has 2 aliphatic rings. The lowest BCUT2D eigenvalue weighted by Crippen LogP contribution is -2.48. The van der Waals surface area contributed by atoms with Gasteiger partial charge in [0.1, 0.15) is 24.2 Å². The molecule has 0 radical (unpaired) electrons. The van der Waals surface area contributed by atoms with Crippen LogP contribution in [0.25, 0.3) is 0 Å². The number of anilines is 3. The van der Waals surface area contributed by atoms with Crippen molar-refractivity contribution in [3.05, 3.63) is 162 Å². The molecule has 2 saturated heterocycles. The van der Waals surface area contributed by atoms with Crippen LogP contribution in [0.4, 0.5) is 17.1 Å². The maximum absolute atomic E-state index is 13.8. The van der Waals surface area contributed by atoms with E-state index in [1.807, 2.05) is 103 Å². The predicted octanol–water partition coefficient (Wildman–Crippen LogP) is 6.51. The van der Waals surface area contributed by atoms with Gasteiger partial charge in [-0.15, -0.1) is 0 Å². The van der Waals surface area contributed by atoms with Crippen molar-refractivity contribution in [3.8, 4) is 0 Å². The molecule has 6 amide bonds. The summed E-state index contributed by atoms with van der Waals surface area (Å²) in [6.45, 7) is 4.73. The van der Waals surface area contributed by atoms with Gasteiger partial charge in [0.05, 0.1) is 0 Å². The van der Waals surface area contributed by atoms with Gasteiger partial charge in [0.25, 0.3) is 0 Å². The zero-order valence-electron chi connectivity index (χ0n) is 35.5. The second-order valence-electron chi connectivity index (χ2n) is 16.0. The van der Waals surface area contributed by atoms with E-state index in [1.54, 1.807) is 34.1 Å². The van der Waals surface area contributed by atoms with Gasteiger partial charge in [-0.3, -0.25) is 28.8 Å². The Morgan fingerprint density at radius 3 is 1.25 bits per heavy atom. The van der Waals surface area contributed by atoms with Gasteiger partial charge >= 0.3 is 0 Å². The standard InChI is InChI=1S/C50H53N7O6/c1-34(58)51-45(38-14-6-3-7-15-38)49(62)56-30-12-20-43(56)47(60)53-40-26-22-36(23-27-40)32-55(42-18-10-5-11-19-42)33-37-24-28-41(29-25-37)54-48(61)44-21-13-31-57(44)50(63)46(52-35(2)59)39-16-8-4-9-17-39/h3-11,14-19,22-29,43-46H,12-13,20-21,30-33H2,1-2H3,(H,51,58)(H,52,59)(H,53,60)(H,54,61)/t43-,44?,45+,46+/m0/s1. The van der Waals surface area contributed by atoms with E-state index < -0.39 is 24.2 Å². The summed E-state index contributed by atoms with van der Waals surface area (Å²) >= 11 is 0. The van der Waals surface area contributed by atoms with Gasteiger partial charge in [-0.05, 0) is 84.3 Å². The lowest BCUT2D eigenvalue weighted by atomic mass is 10.0. The number of carbonyl (C=O) groups excluding carboxylic acids is 6. The molecule has 13 heteroatoms. The van der Waals surface area contributed by atoms with Crippen LogP contribution in [-0.4, -0.2) is 70.4 Å². The molecule has 0 saturated carbocycles. The zero-order valence-corrected chi connectivity index (χ0v) is 35.5. The van der Waals surface area contributed by atoms with Crippen LogP contribution in [-0.2, 0) is 41.9 Å². The van der Waals surface area contributed by atoms with E-state index in [0.29, 0.717) is 74.4 Å². The second-order valence-corrected chi connectivity index (χ2v) is 16.0. The van der Waals surface area contributed by atoms with Gasteiger partial charge in [0.15, 0.2) is 0 Å². The number of carbonyl (C=O) groups is 6. The average Bonchev–Trinajstić information content (AvgIpc) is 4.01. The summed E-state index contributed by atoms with van der Waals surface area (Å²) in [5.41, 5.74) is 5.60. The van der Waals surface area contributed by atoms with Gasteiger partial charge in [-0.25, -0.2) is 0 Å². The fourth-order valence-corrected chi connectivity index (χ4v) is 8.37. The van der Waals surface area contributed by atoms with Crippen LogP contribution in [0.15, 0.2) is 140 Å². The lowest BCUT2D eigenvalue weighted by Gasteiger charge is -2.29. The Labute approximate surface area is 367 Å². The minimum Gasteiger partial charge on any atom is -0.363 e. The van der Waals surface area contributed by atoms with Crippen LogP contribution in [0, 0.1) is 0 Å². The number of nitrogens with one attached hydrogen (secondary N) is 4. The van der Waals surface area contributed by atoms with Crippen molar-refractivity contribution >= 4 is 52.5 Å². The van der Waals surface area contributed by atoms with Crippen LogP contribution in [0.5, 0.6) is 0 Å². The Bertz CT molecular complexity index is 2230. The van der Waals surface area contributed by atoms with Crippen molar-refractivity contribution in [2.75, 3.05) is 28.6 Å². The molecule has 7 rings (SSSR count). The summed E-state index contributed by atoms with van der Waals surface area (Å²) in [5, 5.41) is 11.5. The van der Waals surface area contributed by atoms with Gasteiger partial charge in [-0.2, -0.15) is 0 Å². The third-order valence-corrected chi connectivity index (χ3v) is 11.4. The minimum atomic E-state index is -0.883. The summed E-state index contributed by atoms with van der Waals surface area (Å²) in [6, 6.07) is 40.4. The van der Waals surface area contributed by atoms with E-state index >= 15 is 0 Å². The highest BCUT2D eigenvalue weighted by molar-refractivity contribution is 6.00. The number of para-hydroxylation sites is 1. The third-order valence-electron chi connectivity index (χ3n) is 11.4.